The van der Waals surface area contributed by atoms with Gasteiger partial charge in [-0.15, -0.1) is 0 Å². The van der Waals surface area contributed by atoms with Crippen molar-refractivity contribution in [1.82, 2.24) is 9.88 Å². The molecule has 1 fully saturated rings. The number of piperazine rings is 1. The molecule has 0 aliphatic carbocycles. The summed E-state index contributed by atoms with van der Waals surface area (Å²) in [6.07, 6.45) is 3.09. The van der Waals surface area contributed by atoms with E-state index < -0.39 is 0 Å². The molecule has 1 atom stereocenters. The number of rotatable bonds is 2. The minimum atomic E-state index is 0.637. The molecule has 1 unspecified atom stereocenters. The van der Waals surface area contributed by atoms with Crippen molar-refractivity contribution < 1.29 is 0 Å². The van der Waals surface area contributed by atoms with E-state index in [1.54, 1.807) is 0 Å². The maximum atomic E-state index is 4.52. The van der Waals surface area contributed by atoms with E-state index in [1.807, 2.05) is 12.3 Å². The Kier molecular flexibility index (Phi) is 4.05. The average Bonchev–Trinajstić information content (AvgIpc) is 2.34. The smallest absolute Gasteiger partial charge is 0.143 e. The van der Waals surface area contributed by atoms with Crippen molar-refractivity contribution >= 4 is 21.7 Å². The first kappa shape index (κ1) is 12.8. The van der Waals surface area contributed by atoms with Gasteiger partial charge in [-0.1, -0.05) is 6.92 Å². The van der Waals surface area contributed by atoms with E-state index in [0.29, 0.717) is 6.04 Å². The number of aromatic nitrogens is 1. The Hall–Kier alpha value is -0.610. The minimum Gasteiger partial charge on any atom is -0.353 e. The van der Waals surface area contributed by atoms with Crippen molar-refractivity contribution in [2.45, 2.75) is 26.3 Å². The summed E-state index contributed by atoms with van der Waals surface area (Å²) in [6.45, 7) is 7.61. The molecule has 1 aliphatic heterocycles. The second-order valence-electron chi connectivity index (χ2n) is 4.75. The van der Waals surface area contributed by atoms with Gasteiger partial charge < -0.3 is 4.90 Å². The van der Waals surface area contributed by atoms with Crippen LogP contribution in [-0.4, -0.2) is 42.6 Å². The highest BCUT2D eigenvalue weighted by Crippen LogP contribution is 2.28. The molecule has 0 amide bonds. The summed E-state index contributed by atoms with van der Waals surface area (Å²) in [7, 11) is 2.21. The lowest BCUT2D eigenvalue weighted by Crippen LogP contribution is -2.51. The van der Waals surface area contributed by atoms with Crippen molar-refractivity contribution in [2.24, 2.45) is 0 Å². The van der Waals surface area contributed by atoms with Gasteiger partial charge in [-0.25, -0.2) is 4.98 Å². The molecule has 0 aromatic carbocycles. The molecule has 0 bridgehead atoms. The van der Waals surface area contributed by atoms with E-state index in [-0.39, 0.29) is 0 Å². The van der Waals surface area contributed by atoms with Crippen molar-refractivity contribution in [2.75, 3.05) is 31.6 Å². The molecule has 0 spiro atoms. The summed E-state index contributed by atoms with van der Waals surface area (Å²) in [5.41, 5.74) is 1.25. The molecular weight excluding hydrogens is 278 g/mol. The number of hydrogen-bond donors (Lipinski definition) is 0. The molecule has 0 radical (unpaired) electrons. The fourth-order valence-corrected chi connectivity index (χ4v) is 2.81. The van der Waals surface area contributed by atoms with Crippen LogP contribution in [0.2, 0.25) is 0 Å². The molecule has 2 heterocycles. The molecule has 0 saturated carbocycles. The Balaban J connectivity index is 2.20. The van der Waals surface area contributed by atoms with E-state index in [1.165, 1.54) is 12.0 Å². The van der Waals surface area contributed by atoms with E-state index in [2.05, 4.69) is 51.6 Å². The van der Waals surface area contributed by atoms with E-state index in [9.17, 15) is 0 Å². The zero-order valence-electron chi connectivity index (χ0n) is 10.8. The third kappa shape index (κ3) is 2.63. The van der Waals surface area contributed by atoms with Crippen LogP contribution in [0.1, 0.15) is 18.9 Å². The van der Waals surface area contributed by atoms with Gasteiger partial charge in [0.15, 0.2) is 0 Å². The summed E-state index contributed by atoms with van der Waals surface area (Å²) < 4.78 is 1.14. The number of pyridine rings is 1. The summed E-state index contributed by atoms with van der Waals surface area (Å²) in [4.78, 5) is 9.36. The first-order valence-electron chi connectivity index (χ1n) is 6.19. The quantitative estimate of drug-likeness (QED) is 0.837. The molecule has 4 heteroatoms. The number of likely N-dealkylation sites (N-methyl/N-ethyl adjacent to an activating group) is 1. The van der Waals surface area contributed by atoms with E-state index in [0.717, 1.165) is 29.9 Å². The van der Waals surface area contributed by atoms with Crippen molar-refractivity contribution in [3.8, 4) is 0 Å². The highest BCUT2D eigenvalue weighted by atomic mass is 79.9. The fraction of sp³-hybridized carbons (Fsp3) is 0.615. The van der Waals surface area contributed by atoms with Gasteiger partial charge in [0.2, 0.25) is 0 Å². The van der Waals surface area contributed by atoms with Crippen LogP contribution in [0.3, 0.4) is 0 Å². The minimum absolute atomic E-state index is 0.637. The first-order valence-corrected chi connectivity index (χ1v) is 6.99. The van der Waals surface area contributed by atoms with Gasteiger partial charge in [-0.2, -0.15) is 0 Å². The lowest BCUT2D eigenvalue weighted by Gasteiger charge is -2.40. The van der Waals surface area contributed by atoms with E-state index in [4.69, 9.17) is 0 Å². The van der Waals surface area contributed by atoms with Crippen LogP contribution in [-0.2, 0) is 0 Å². The summed E-state index contributed by atoms with van der Waals surface area (Å²) in [5, 5.41) is 0. The first-order chi connectivity index (χ1) is 8.13. The van der Waals surface area contributed by atoms with Crippen LogP contribution < -0.4 is 4.90 Å². The lowest BCUT2D eigenvalue weighted by molar-refractivity contribution is 0.213. The summed E-state index contributed by atoms with van der Waals surface area (Å²) >= 11 is 3.65. The highest BCUT2D eigenvalue weighted by Gasteiger charge is 2.24. The molecule has 1 aromatic rings. The fourth-order valence-electron chi connectivity index (χ4n) is 2.33. The summed E-state index contributed by atoms with van der Waals surface area (Å²) in [6, 6.07) is 2.68. The topological polar surface area (TPSA) is 19.4 Å². The zero-order chi connectivity index (χ0) is 12.4. The van der Waals surface area contributed by atoms with Crippen LogP contribution in [0.25, 0.3) is 0 Å². The Morgan fingerprint density at radius 3 is 2.94 bits per heavy atom. The molecule has 1 aliphatic rings. The van der Waals surface area contributed by atoms with Gasteiger partial charge in [0.1, 0.15) is 5.82 Å². The van der Waals surface area contributed by atoms with Crippen molar-refractivity contribution in [3.63, 3.8) is 0 Å². The number of nitrogens with zero attached hydrogens (tertiary/aromatic N) is 3. The Morgan fingerprint density at radius 2 is 2.24 bits per heavy atom. The Labute approximate surface area is 112 Å². The third-order valence-corrected chi connectivity index (χ3v) is 4.59. The monoisotopic (exact) mass is 297 g/mol. The maximum Gasteiger partial charge on any atom is 0.143 e. The van der Waals surface area contributed by atoms with Gasteiger partial charge >= 0.3 is 0 Å². The van der Waals surface area contributed by atoms with Crippen molar-refractivity contribution in [3.05, 3.63) is 22.3 Å². The van der Waals surface area contributed by atoms with Crippen LogP contribution in [0, 0.1) is 6.92 Å². The molecular formula is C13H20BrN3. The van der Waals surface area contributed by atoms with Gasteiger partial charge in [0.25, 0.3) is 0 Å². The molecule has 3 nitrogen and oxygen atoms in total. The van der Waals surface area contributed by atoms with Crippen LogP contribution in [0.15, 0.2) is 16.7 Å². The lowest BCUT2D eigenvalue weighted by atomic mass is 10.1. The van der Waals surface area contributed by atoms with E-state index >= 15 is 0 Å². The van der Waals surface area contributed by atoms with Gasteiger partial charge in [-0.3, -0.25) is 4.90 Å². The standard InChI is InChI=1S/C13H20BrN3/c1-4-11-9-17(8-7-16(11)3)13-12(14)10(2)5-6-15-13/h5-6,11H,4,7-9H2,1-3H3. The largest absolute Gasteiger partial charge is 0.353 e. The average molecular weight is 298 g/mol. The molecule has 94 valence electrons. The zero-order valence-corrected chi connectivity index (χ0v) is 12.4. The van der Waals surface area contributed by atoms with Crippen LogP contribution in [0.5, 0.6) is 0 Å². The second-order valence-corrected chi connectivity index (χ2v) is 5.55. The predicted molar refractivity (Wildman–Crippen MR) is 75.6 cm³/mol. The van der Waals surface area contributed by atoms with Crippen LogP contribution >= 0.6 is 15.9 Å². The number of anilines is 1. The summed E-state index contributed by atoms with van der Waals surface area (Å²) in [5.74, 6) is 1.09. The highest BCUT2D eigenvalue weighted by molar-refractivity contribution is 9.10. The maximum absolute atomic E-state index is 4.52. The predicted octanol–water partition coefficient (Wildman–Crippen LogP) is 2.68. The molecule has 17 heavy (non-hydrogen) atoms. The second kappa shape index (κ2) is 5.36. The number of halogens is 1. The molecule has 1 saturated heterocycles. The third-order valence-electron chi connectivity index (χ3n) is 3.61. The van der Waals surface area contributed by atoms with Gasteiger partial charge in [-0.05, 0) is 48.0 Å². The molecule has 0 N–H and O–H groups in total. The Bertz CT molecular complexity index is 394. The van der Waals surface area contributed by atoms with Crippen molar-refractivity contribution in [1.29, 1.82) is 0 Å². The normalized spacial score (nSPS) is 21.9. The molecule has 1 aromatic heterocycles. The SMILES string of the molecule is CCC1CN(c2nccc(C)c2Br)CCN1C. The number of aryl methyl sites for hydroxylation is 1. The Morgan fingerprint density at radius 1 is 1.47 bits per heavy atom. The van der Waals surface area contributed by atoms with Crippen LogP contribution in [0.4, 0.5) is 5.82 Å². The van der Waals surface area contributed by atoms with Gasteiger partial charge in [0.05, 0.1) is 4.47 Å². The van der Waals surface area contributed by atoms with Gasteiger partial charge in [0, 0.05) is 31.9 Å². The number of hydrogen-bond acceptors (Lipinski definition) is 3. The molecule has 2 rings (SSSR count).